The van der Waals surface area contributed by atoms with E-state index in [1.54, 1.807) is 0 Å². The summed E-state index contributed by atoms with van der Waals surface area (Å²) in [6.45, 7) is 0. The van der Waals surface area contributed by atoms with Crippen LogP contribution in [0.25, 0.3) is 0 Å². The molecule has 0 aliphatic heterocycles. The van der Waals surface area contributed by atoms with Crippen molar-refractivity contribution in [2.75, 3.05) is 7.05 Å². The van der Waals surface area contributed by atoms with Gasteiger partial charge in [0.2, 0.25) is 0 Å². The van der Waals surface area contributed by atoms with E-state index in [0.29, 0.717) is 10.4 Å². The molecular weight excluding hydrogens is 182 g/mol. The zero-order valence-corrected chi connectivity index (χ0v) is 7.08. The third-order valence-electron chi connectivity index (χ3n) is 1.22. The van der Waals surface area contributed by atoms with Gasteiger partial charge in [-0.3, -0.25) is 4.79 Å². The predicted octanol–water partition coefficient (Wildman–Crippen LogP) is -0.992. The van der Waals surface area contributed by atoms with Gasteiger partial charge >= 0.3 is 10.2 Å². The maximum absolute atomic E-state index is 11.0. The summed E-state index contributed by atoms with van der Waals surface area (Å²) in [6, 6.07) is 0. The first kappa shape index (κ1) is 8.88. The van der Waals surface area contributed by atoms with Crippen LogP contribution in [0, 0.1) is 0 Å². The van der Waals surface area contributed by atoms with E-state index in [4.69, 9.17) is 0 Å². The van der Waals surface area contributed by atoms with Gasteiger partial charge in [0.25, 0.3) is 0 Å². The summed E-state index contributed by atoms with van der Waals surface area (Å²) in [4.78, 5) is 10.2. The third kappa shape index (κ3) is 1.51. The molecule has 0 fully saturated rings. The largest absolute Gasteiger partial charge is 0.320 e. The topological polar surface area (TPSA) is 81.1 Å². The van der Waals surface area contributed by atoms with E-state index in [-0.39, 0.29) is 5.56 Å². The molecule has 0 bridgehead atoms. The van der Waals surface area contributed by atoms with Crippen LogP contribution < -0.4 is 4.72 Å². The van der Waals surface area contributed by atoms with Gasteiger partial charge in [-0.1, -0.05) is 0 Å². The van der Waals surface area contributed by atoms with Crippen LogP contribution in [0.5, 0.6) is 0 Å². The van der Waals surface area contributed by atoms with E-state index in [1.165, 1.54) is 13.2 Å². The van der Waals surface area contributed by atoms with Gasteiger partial charge in [0, 0.05) is 7.05 Å². The van der Waals surface area contributed by atoms with Gasteiger partial charge in [-0.15, -0.1) is 0 Å². The van der Waals surface area contributed by atoms with Crippen LogP contribution in [0.2, 0.25) is 0 Å². The lowest BCUT2D eigenvalue weighted by Crippen LogP contribution is -2.26. The SMILES string of the molecule is CNS(=O)(=O)n1cc(C=O)cn1. The minimum Gasteiger partial charge on any atom is -0.298 e. The number of nitrogens with zero attached hydrogens (tertiary/aromatic N) is 2. The highest BCUT2D eigenvalue weighted by molar-refractivity contribution is 7.87. The zero-order valence-electron chi connectivity index (χ0n) is 6.26. The highest BCUT2D eigenvalue weighted by Crippen LogP contribution is 1.95. The fourth-order valence-corrected chi connectivity index (χ4v) is 1.22. The van der Waals surface area contributed by atoms with Crippen molar-refractivity contribution in [3.05, 3.63) is 18.0 Å². The molecule has 0 spiro atoms. The van der Waals surface area contributed by atoms with Crippen LogP contribution in [-0.2, 0) is 10.2 Å². The molecule has 1 N–H and O–H groups in total. The highest BCUT2D eigenvalue weighted by atomic mass is 32.2. The summed E-state index contributed by atoms with van der Waals surface area (Å²) in [7, 11) is -2.33. The van der Waals surface area contributed by atoms with E-state index in [9.17, 15) is 13.2 Å². The predicted molar refractivity (Wildman–Crippen MR) is 41.0 cm³/mol. The van der Waals surface area contributed by atoms with Crippen molar-refractivity contribution in [1.29, 1.82) is 0 Å². The molecule has 12 heavy (non-hydrogen) atoms. The van der Waals surface area contributed by atoms with Crippen molar-refractivity contribution in [2.45, 2.75) is 0 Å². The van der Waals surface area contributed by atoms with Gasteiger partial charge in [-0.25, -0.2) is 0 Å². The zero-order chi connectivity index (χ0) is 9.19. The molecule has 1 aromatic heterocycles. The lowest BCUT2D eigenvalue weighted by molar-refractivity contribution is 0.112. The maximum atomic E-state index is 11.0. The Morgan fingerprint density at radius 1 is 1.67 bits per heavy atom. The lowest BCUT2D eigenvalue weighted by Gasteiger charge is -1.98. The average Bonchev–Trinajstić information content (AvgIpc) is 2.52. The van der Waals surface area contributed by atoms with Crippen LogP contribution in [0.15, 0.2) is 12.4 Å². The first-order valence-electron chi connectivity index (χ1n) is 3.04. The molecule has 0 atom stereocenters. The Labute approximate surface area is 69.4 Å². The van der Waals surface area contributed by atoms with Crippen LogP contribution >= 0.6 is 0 Å². The van der Waals surface area contributed by atoms with Crippen molar-refractivity contribution in [2.24, 2.45) is 0 Å². The molecule has 6 nitrogen and oxygen atoms in total. The molecule has 66 valence electrons. The Bertz CT molecular complexity index is 380. The molecule has 0 aromatic carbocycles. The van der Waals surface area contributed by atoms with Gasteiger partial charge in [0.15, 0.2) is 6.29 Å². The molecule has 0 aliphatic rings. The van der Waals surface area contributed by atoms with E-state index in [2.05, 4.69) is 9.82 Å². The molecule has 7 heteroatoms. The third-order valence-corrected chi connectivity index (χ3v) is 2.43. The Hall–Kier alpha value is -1.21. The molecule has 0 unspecified atom stereocenters. The molecular formula is C5H7N3O3S. The minimum atomic E-state index is -3.59. The maximum Gasteiger partial charge on any atom is 0.320 e. The Kier molecular flexibility index (Phi) is 2.25. The van der Waals surface area contributed by atoms with Gasteiger partial charge < -0.3 is 0 Å². The Balaban J connectivity index is 3.13. The molecule has 0 saturated carbocycles. The number of nitrogens with one attached hydrogen (secondary N) is 1. The summed E-state index contributed by atoms with van der Waals surface area (Å²) in [5.74, 6) is 0. The van der Waals surface area contributed by atoms with Crippen molar-refractivity contribution in [1.82, 2.24) is 13.9 Å². The summed E-state index contributed by atoms with van der Waals surface area (Å²) in [5, 5.41) is 3.46. The number of aromatic nitrogens is 2. The van der Waals surface area contributed by atoms with Crippen molar-refractivity contribution in [3.8, 4) is 0 Å². The number of carbonyl (C=O) groups excluding carboxylic acids is 1. The average molecular weight is 189 g/mol. The van der Waals surface area contributed by atoms with Crippen LogP contribution in [0.4, 0.5) is 0 Å². The van der Waals surface area contributed by atoms with Gasteiger partial charge in [0.1, 0.15) is 0 Å². The lowest BCUT2D eigenvalue weighted by atomic mass is 10.4. The van der Waals surface area contributed by atoms with E-state index in [1.807, 2.05) is 0 Å². The van der Waals surface area contributed by atoms with Gasteiger partial charge in [-0.05, 0) is 0 Å². The normalized spacial score (nSPS) is 11.4. The van der Waals surface area contributed by atoms with Crippen molar-refractivity contribution in [3.63, 3.8) is 0 Å². The van der Waals surface area contributed by atoms with Gasteiger partial charge in [0.05, 0.1) is 18.0 Å². The first-order chi connectivity index (χ1) is 5.60. The number of rotatable bonds is 3. The van der Waals surface area contributed by atoms with E-state index >= 15 is 0 Å². The highest BCUT2D eigenvalue weighted by Gasteiger charge is 2.10. The minimum absolute atomic E-state index is 0.217. The summed E-state index contributed by atoms with van der Waals surface area (Å²) >= 11 is 0. The Morgan fingerprint density at radius 3 is 2.75 bits per heavy atom. The van der Waals surface area contributed by atoms with Crippen molar-refractivity contribution < 1.29 is 13.2 Å². The van der Waals surface area contributed by atoms with Crippen LogP contribution in [-0.4, -0.2) is 30.9 Å². The van der Waals surface area contributed by atoms with E-state index in [0.717, 1.165) is 6.20 Å². The molecule has 1 aromatic rings. The monoisotopic (exact) mass is 189 g/mol. The molecule has 0 saturated heterocycles. The second-order valence-corrected chi connectivity index (χ2v) is 3.71. The molecule has 1 heterocycles. The van der Waals surface area contributed by atoms with Crippen LogP contribution in [0.1, 0.15) is 10.4 Å². The van der Waals surface area contributed by atoms with E-state index < -0.39 is 10.2 Å². The van der Waals surface area contributed by atoms with Crippen molar-refractivity contribution >= 4 is 16.5 Å². The van der Waals surface area contributed by atoms with Crippen LogP contribution in [0.3, 0.4) is 0 Å². The van der Waals surface area contributed by atoms with Gasteiger partial charge in [-0.2, -0.15) is 22.3 Å². The number of hydrogen-bond acceptors (Lipinski definition) is 4. The summed E-state index contributed by atoms with van der Waals surface area (Å²) in [6.07, 6.45) is 2.81. The number of carbonyl (C=O) groups is 1. The number of aldehydes is 1. The fourth-order valence-electron chi connectivity index (χ4n) is 0.604. The Morgan fingerprint density at radius 2 is 2.33 bits per heavy atom. The molecule has 0 aliphatic carbocycles. The molecule has 0 amide bonds. The molecule has 0 radical (unpaired) electrons. The first-order valence-corrected chi connectivity index (χ1v) is 4.48. The standard InChI is InChI=1S/C5H7N3O3S/c1-6-12(10,11)8-3-5(4-9)2-7-8/h2-4,6H,1H3. The fraction of sp³-hybridized carbons (Fsp3) is 0.200. The summed E-state index contributed by atoms with van der Waals surface area (Å²) in [5.41, 5.74) is 0.217. The molecule has 1 rings (SSSR count). The quantitative estimate of drug-likeness (QED) is 0.619. The number of hydrogen-bond donors (Lipinski definition) is 1. The smallest absolute Gasteiger partial charge is 0.298 e. The summed E-state index contributed by atoms with van der Waals surface area (Å²) < 4.78 is 24.8. The second kappa shape index (κ2) is 3.03. The second-order valence-electron chi connectivity index (χ2n) is 1.97.